The van der Waals surface area contributed by atoms with Crippen molar-refractivity contribution >= 4 is 21.8 Å². The summed E-state index contributed by atoms with van der Waals surface area (Å²) in [6, 6.07) is 10.8. The molecule has 33 heavy (non-hydrogen) atoms. The highest BCUT2D eigenvalue weighted by Gasteiger charge is 2.49. The molecule has 10 heteroatoms. The van der Waals surface area contributed by atoms with E-state index in [-0.39, 0.29) is 17.9 Å². The fourth-order valence-corrected chi connectivity index (χ4v) is 3.35. The van der Waals surface area contributed by atoms with Crippen LogP contribution < -0.4 is 4.74 Å². The average molecular weight is 480 g/mol. The lowest BCUT2D eigenvalue weighted by Crippen LogP contribution is -2.31. The van der Waals surface area contributed by atoms with Crippen molar-refractivity contribution in [3.8, 4) is 17.6 Å². The van der Waals surface area contributed by atoms with Crippen LogP contribution in [-0.2, 0) is 19.0 Å². The van der Waals surface area contributed by atoms with E-state index in [0.717, 1.165) is 6.08 Å². The summed E-state index contributed by atoms with van der Waals surface area (Å²) in [6.45, 7) is 5.05. The highest BCUT2D eigenvalue weighted by atomic mass is 32.2. The topological polar surface area (TPSA) is 78.9 Å². The molecular formula is C23H19F3O6S. The maximum atomic E-state index is 12.8. The Balaban J connectivity index is 1.92. The largest absolute Gasteiger partial charge is 0.534 e. The van der Waals surface area contributed by atoms with Crippen LogP contribution in [0.3, 0.4) is 0 Å². The Labute approximate surface area is 189 Å². The zero-order valence-electron chi connectivity index (χ0n) is 17.8. The minimum Gasteiger partial charge on any atom is -0.483 e. The third-order valence-electron chi connectivity index (χ3n) is 4.33. The molecule has 1 heterocycles. The predicted molar refractivity (Wildman–Crippen MR) is 114 cm³/mol. The van der Waals surface area contributed by atoms with Gasteiger partial charge in [-0.15, -0.1) is 0 Å². The lowest BCUT2D eigenvalue weighted by atomic mass is 9.99. The van der Waals surface area contributed by atoms with E-state index in [0.29, 0.717) is 16.7 Å². The number of ether oxygens (including phenoxy) is 2. The van der Waals surface area contributed by atoms with Crippen LogP contribution in [0.1, 0.15) is 47.8 Å². The van der Waals surface area contributed by atoms with Gasteiger partial charge in [0.2, 0.25) is 0 Å². The first kappa shape index (κ1) is 24.2. The van der Waals surface area contributed by atoms with Crippen molar-refractivity contribution in [3.63, 3.8) is 0 Å². The number of halogens is 3. The number of fused-ring (bicyclic) bond motifs is 1. The predicted octanol–water partition coefficient (Wildman–Crippen LogP) is 4.64. The minimum atomic E-state index is -5.87. The SMILES string of the molecule is CCOC(=O)c1ccc(C#Cc2ccc3c(c2)C(OS(=O)(=O)C(F)(F)F)=CC(C)(C)O3)cc1. The Morgan fingerprint density at radius 3 is 2.27 bits per heavy atom. The quantitative estimate of drug-likeness (QED) is 0.275. The Morgan fingerprint density at radius 2 is 1.67 bits per heavy atom. The van der Waals surface area contributed by atoms with Crippen LogP contribution in [0.4, 0.5) is 13.2 Å². The number of carbonyl (C=O) groups is 1. The first-order valence-corrected chi connectivity index (χ1v) is 11.1. The third-order valence-corrected chi connectivity index (χ3v) is 5.29. The zero-order chi connectivity index (χ0) is 24.4. The molecule has 1 aliphatic heterocycles. The molecule has 0 bridgehead atoms. The number of rotatable bonds is 4. The second kappa shape index (κ2) is 8.83. The maximum Gasteiger partial charge on any atom is 0.534 e. The lowest BCUT2D eigenvalue weighted by Gasteiger charge is -2.30. The molecular weight excluding hydrogens is 461 g/mol. The summed E-state index contributed by atoms with van der Waals surface area (Å²) in [7, 11) is -5.87. The summed E-state index contributed by atoms with van der Waals surface area (Å²) in [5, 5.41) is 0. The van der Waals surface area contributed by atoms with Gasteiger partial charge in [0.15, 0.2) is 5.76 Å². The standard InChI is InChI=1S/C23H19F3O6S/c1-4-30-21(27)17-10-7-15(8-11-17)5-6-16-9-12-19-18(13-16)20(14-22(2,3)31-19)32-33(28,29)23(24,25)26/h7-14H,4H2,1-3H3. The van der Waals surface area contributed by atoms with Gasteiger partial charge in [-0.05, 0) is 63.2 Å². The summed E-state index contributed by atoms with van der Waals surface area (Å²) in [5.41, 5.74) is -5.34. The normalized spacial score (nSPS) is 14.7. The maximum absolute atomic E-state index is 12.8. The second-order valence-corrected chi connectivity index (χ2v) is 8.99. The first-order chi connectivity index (χ1) is 15.3. The van der Waals surface area contributed by atoms with Crippen molar-refractivity contribution in [3.05, 3.63) is 70.8 Å². The Kier molecular flexibility index (Phi) is 6.47. The summed E-state index contributed by atoms with van der Waals surface area (Å²) >= 11 is 0. The van der Waals surface area contributed by atoms with Crippen LogP contribution >= 0.6 is 0 Å². The number of benzene rings is 2. The van der Waals surface area contributed by atoms with E-state index in [9.17, 15) is 26.4 Å². The average Bonchev–Trinajstić information content (AvgIpc) is 2.71. The molecule has 0 fully saturated rings. The van der Waals surface area contributed by atoms with Gasteiger partial charge in [-0.1, -0.05) is 11.8 Å². The van der Waals surface area contributed by atoms with Gasteiger partial charge in [-0.25, -0.2) is 4.79 Å². The lowest BCUT2D eigenvalue weighted by molar-refractivity contribution is -0.0510. The molecule has 0 aliphatic carbocycles. The number of carbonyl (C=O) groups excluding carboxylic acids is 1. The molecule has 0 unspecified atom stereocenters. The fraction of sp³-hybridized carbons (Fsp3) is 0.261. The number of alkyl halides is 3. The molecule has 174 valence electrons. The van der Waals surface area contributed by atoms with Crippen LogP contribution in [0.15, 0.2) is 48.5 Å². The van der Waals surface area contributed by atoms with Gasteiger partial charge >= 0.3 is 21.6 Å². The Hall–Kier alpha value is -3.45. The van der Waals surface area contributed by atoms with Gasteiger partial charge in [0.05, 0.1) is 17.7 Å². The molecule has 6 nitrogen and oxygen atoms in total. The van der Waals surface area contributed by atoms with E-state index >= 15 is 0 Å². The fourth-order valence-electron chi connectivity index (χ4n) is 2.88. The van der Waals surface area contributed by atoms with E-state index in [1.54, 1.807) is 51.1 Å². The van der Waals surface area contributed by atoms with E-state index in [4.69, 9.17) is 9.47 Å². The van der Waals surface area contributed by atoms with Crippen LogP contribution in [0.25, 0.3) is 5.76 Å². The molecule has 0 spiro atoms. The van der Waals surface area contributed by atoms with Crippen molar-refractivity contribution in [2.75, 3.05) is 6.61 Å². The van der Waals surface area contributed by atoms with Crippen molar-refractivity contribution in [2.45, 2.75) is 31.9 Å². The van der Waals surface area contributed by atoms with Gasteiger partial charge in [-0.3, -0.25) is 0 Å². The second-order valence-electron chi connectivity index (χ2n) is 7.46. The highest BCUT2D eigenvalue weighted by Crippen LogP contribution is 2.39. The molecule has 0 saturated carbocycles. The third kappa shape index (κ3) is 5.68. The van der Waals surface area contributed by atoms with Crippen molar-refractivity contribution in [1.82, 2.24) is 0 Å². The monoisotopic (exact) mass is 480 g/mol. The van der Waals surface area contributed by atoms with Gasteiger partial charge in [0.25, 0.3) is 0 Å². The molecule has 0 saturated heterocycles. The van der Waals surface area contributed by atoms with Gasteiger partial charge in [0.1, 0.15) is 11.4 Å². The highest BCUT2D eigenvalue weighted by molar-refractivity contribution is 7.87. The number of hydrogen-bond acceptors (Lipinski definition) is 6. The van der Waals surface area contributed by atoms with Crippen LogP contribution in [-0.4, -0.2) is 32.1 Å². The number of esters is 1. The van der Waals surface area contributed by atoms with E-state index in [1.807, 2.05) is 0 Å². The van der Waals surface area contributed by atoms with E-state index in [1.165, 1.54) is 12.1 Å². The summed E-state index contributed by atoms with van der Waals surface area (Å²) in [6.07, 6.45) is 1.16. The summed E-state index contributed by atoms with van der Waals surface area (Å²) < 4.78 is 76.7. The van der Waals surface area contributed by atoms with Gasteiger partial charge in [0, 0.05) is 17.2 Å². The molecule has 2 aromatic rings. The molecule has 3 rings (SSSR count). The van der Waals surface area contributed by atoms with E-state index in [2.05, 4.69) is 16.0 Å². The summed E-state index contributed by atoms with van der Waals surface area (Å²) in [5.74, 6) is 4.91. The molecule has 2 aromatic carbocycles. The molecule has 0 amide bonds. The Morgan fingerprint density at radius 1 is 1.06 bits per heavy atom. The van der Waals surface area contributed by atoms with Gasteiger partial charge < -0.3 is 13.7 Å². The molecule has 0 aromatic heterocycles. The molecule has 0 radical (unpaired) electrons. The van der Waals surface area contributed by atoms with Crippen molar-refractivity contribution < 1.29 is 40.0 Å². The molecule has 0 N–H and O–H groups in total. The summed E-state index contributed by atoms with van der Waals surface area (Å²) in [4.78, 5) is 11.7. The van der Waals surface area contributed by atoms with Crippen LogP contribution in [0.5, 0.6) is 5.75 Å². The Bertz CT molecular complexity index is 1260. The van der Waals surface area contributed by atoms with Crippen LogP contribution in [0.2, 0.25) is 0 Å². The smallest absolute Gasteiger partial charge is 0.483 e. The van der Waals surface area contributed by atoms with Crippen LogP contribution in [0, 0.1) is 11.8 Å². The molecule has 0 atom stereocenters. The molecule has 1 aliphatic rings. The number of hydrogen-bond donors (Lipinski definition) is 0. The zero-order valence-corrected chi connectivity index (χ0v) is 18.6. The first-order valence-electron chi connectivity index (χ1n) is 9.67. The van der Waals surface area contributed by atoms with Crippen molar-refractivity contribution in [2.24, 2.45) is 0 Å². The minimum absolute atomic E-state index is 0.0200. The van der Waals surface area contributed by atoms with Crippen molar-refractivity contribution in [1.29, 1.82) is 0 Å². The van der Waals surface area contributed by atoms with Gasteiger partial charge in [-0.2, -0.15) is 21.6 Å². The van der Waals surface area contributed by atoms with E-state index < -0.39 is 33.0 Å².